The molecule has 0 saturated heterocycles. The van der Waals surface area contributed by atoms with Crippen LogP contribution < -0.4 is 4.80 Å². The van der Waals surface area contributed by atoms with Crippen molar-refractivity contribution in [1.29, 1.82) is 0 Å². The highest BCUT2D eigenvalue weighted by atomic mass is 32.1. The van der Waals surface area contributed by atoms with Crippen molar-refractivity contribution in [2.24, 2.45) is 12.0 Å². The van der Waals surface area contributed by atoms with Crippen LogP contribution in [0.2, 0.25) is 0 Å². The second kappa shape index (κ2) is 5.77. The lowest BCUT2D eigenvalue weighted by molar-refractivity contribution is 0.0988. The Bertz CT molecular complexity index is 975. The number of carbonyl (C=O) groups excluding carboxylic acids is 1. The number of aromatic nitrogens is 3. The average molecular weight is 328 g/mol. The van der Waals surface area contributed by atoms with Crippen LogP contribution in [0.1, 0.15) is 34.2 Å². The average Bonchev–Trinajstić information content (AvgIpc) is 3.04. The van der Waals surface area contributed by atoms with Crippen LogP contribution in [-0.4, -0.2) is 20.3 Å². The fourth-order valence-electron chi connectivity index (χ4n) is 2.74. The first-order valence-electron chi connectivity index (χ1n) is 7.61. The third-order valence-electron chi connectivity index (χ3n) is 4.11. The zero-order chi connectivity index (χ0) is 16.7. The maximum absolute atomic E-state index is 12.6. The summed E-state index contributed by atoms with van der Waals surface area (Å²) in [6.45, 7) is 8.70. The number of rotatable bonds is 2. The fourth-order valence-corrected chi connectivity index (χ4v) is 3.81. The van der Waals surface area contributed by atoms with E-state index in [-0.39, 0.29) is 5.91 Å². The summed E-state index contributed by atoms with van der Waals surface area (Å²) in [6, 6.07) is 5.99. The van der Waals surface area contributed by atoms with Gasteiger partial charge in [0.05, 0.1) is 15.9 Å². The predicted octanol–water partition coefficient (Wildman–Crippen LogP) is 3.12. The molecule has 3 rings (SSSR count). The molecule has 6 heteroatoms. The fraction of sp³-hybridized carbons (Fsp3) is 0.353. The van der Waals surface area contributed by atoms with Gasteiger partial charge in [-0.05, 0) is 51.0 Å². The van der Waals surface area contributed by atoms with E-state index >= 15 is 0 Å². The number of fused-ring (bicyclic) bond motifs is 1. The topological polar surface area (TPSA) is 52.2 Å². The largest absolute Gasteiger partial charge is 0.319 e. The van der Waals surface area contributed by atoms with Crippen LogP contribution in [0.4, 0.5) is 0 Å². The molecule has 5 nitrogen and oxygen atoms in total. The lowest BCUT2D eigenvalue weighted by Gasteiger charge is -2.03. The Balaban J connectivity index is 2.16. The van der Waals surface area contributed by atoms with Gasteiger partial charge in [-0.15, -0.1) is 0 Å². The van der Waals surface area contributed by atoms with Crippen molar-refractivity contribution in [3.05, 3.63) is 45.5 Å². The SMILES string of the molecule is CCn1nc(C)cc1C(=O)N=c1sc2ccc(C)c(C)c2n1C. The highest BCUT2D eigenvalue weighted by Crippen LogP contribution is 2.23. The van der Waals surface area contributed by atoms with Gasteiger partial charge in [0.15, 0.2) is 4.80 Å². The predicted molar refractivity (Wildman–Crippen MR) is 92.8 cm³/mol. The zero-order valence-corrected chi connectivity index (χ0v) is 14.9. The second-order valence-corrected chi connectivity index (χ2v) is 6.71. The van der Waals surface area contributed by atoms with Crippen molar-refractivity contribution in [3.63, 3.8) is 0 Å². The van der Waals surface area contributed by atoms with E-state index in [9.17, 15) is 4.79 Å². The maximum atomic E-state index is 12.6. The molecule has 0 radical (unpaired) electrons. The molecule has 23 heavy (non-hydrogen) atoms. The Morgan fingerprint density at radius 3 is 2.74 bits per heavy atom. The van der Waals surface area contributed by atoms with E-state index in [1.165, 1.54) is 22.5 Å². The van der Waals surface area contributed by atoms with Gasteiger partial charge in [-0.1, -0.05) is 17.4 Å². The Labute approximate surface area is 138 Å². The monoisotopic (exact) mass is 328 g/mol. The van der Waals surface area contributed by atoms with Gasteiger partial charge in [0.2, 0.25) is 0 Å². The van der Waals surface area contributed by atoms with Gasteiger partial charge >= 0.3 is 0 Å². The number of amides is 1. The first-order valence-corrected chi connectivity index (χ1v) is 8.43. The molecule has 120 valence electrons. The first kappa shape index (κ1) is 15.7. The van der Waals surface area contributed by atoms with Gasteiger partial charge in [-0.25, -0.2) is 0 Å². The molecule has 1 aromatic carbocycles. The van der Waals surface area contributed by atoms with E-state index in [1.807, 2.05) is 25.5 Å². The smallest absolute Gasteiger partial charge is 0.297 e. The van der Waals surface area contributed by atoms with Crippen molar-refractivity contribution in [3.8, 4) is 0 Å². The number of thiazole rings is 1. The molecular weight excluding hydrogens is 308 g/mol. The lowest BCUT2D eigenvalue weighted by atomic mass is 10.1. The number of carbonyl (C=O) groups is 1. The summed E-state index contributed by atoms with van der Waals surface area (Å²) in [5.74, 6) is -0.246. The minimum Gasteiger partial charge on any atom is -0.319 e. The van der Waals surface area contributed by atoms with Gasteiger partial charge in [0.25, 0.3) is 5.91 Å². The molecule has 0 aliphatic heterocycles. The van der Waals surface area contributed by atoms with E-state index in [0.29, 0.717) is 17.0 Å². The quantitative estimate of drug-likeness (QED) is 0.726. The summed E-state index contributed by atoms with van der Waals surface area (Å²) in [6.07, 6.45) is 0. The van der Waals surface area contributed by atoms with Crippen molar-refractivity contribution >= 4 is 27.5 Å². The molecule has 3 aromatic rings. The van der Waals surface area contributed by atoms with Gasteiger partial charge in [0, 0.05) is 13.6 Å². The summed E-state index contributed by atoms with van der Waals surface area (Å²) in [7, 11) is 1.96. The van der Waals surface area contributed by atoms with Crippen LogP contribution in [0.3, 0.4) is 0 Å². The molecule has 1 amide bonds. The third kappa shape index (κ3) is 2.63. The molecule has 0 aliphatic carbocycles. The minimum absolute atomic E-state index is 0.246. The highest BCUT2D eigenvalue weighted by molar-refractivity contribution is 7.16. The van der Waals surface area contributed by atoms with E-state index in [0.717, 1.165) is 15.9 Å². The minimum atomic E-state index is -0.246. The summed E-state index contributed by atoms with van der Waals surface area (Å²) in [5.41, 5.74) is 4.97. The van der Waals surface area contributed by atoms with E-state index < -0.39 is 0 Å². The molecule has 0 fully saturated rings. The molecule has 0 spiro atoms. The van der Waals surface area contributed by atoms with Crippen LogP contribution >= 0.6 is 11.3 Å². The van der Waals surface area contributed by atoms with E-state index in [4.69, 9.17) is 0 Å². The molecule has 0 saturated carbocycles. The third-order valence-corrected chi connectivity index (χ3v) is 5.20. The highest BCUT2D eigenvalue weighted by Gasteiger charge is 2.14. The molecule has 0 aliphatic rings. The summed E-state index contributed by atoms with van der Waals surface area (Å²) < 4.78 is 4.84. The molecule has 0 N–H and O–H groups in total. The zero-order valence-electron chi connectivity index (χ0n) is 14.0. The van der Waals surface area contributed by atoms with Gasteiger partial charge in [-0.3, -0.25) is 9.48 Å². The molecule has 2 aromatic heterocycles. The standard InChI is InChI=1S/C17H20N4OS/c1-6-21-13(9-11(3)19-21)16(22)18-17-20(5)15-12(4)10(2)7-8-14(15)23-17/h7-9H,6H2,1-5H3. The Morgan fingerprint density at radius 2 is 2.04 bits per heavy atom. The number of hydrogen-bond donors (Lipinski definition) is 0. The van der Waals surface area contributed by atoms with Gasteiger partial charge in [0.1, 0.15) is 5.69 Å². The number of benzene rings is 1. The lowest BCUT2D eigenvalue weighted by Crippen LogP contribution is -2.16. The number of hydrogen-bond acceptors (Lipinski definition) is 3. The number of aryl methyl sites for hydroxylation is 5. The van der Waals surface area contributed by atoms with Gasteiger partial charge < -0.3 is 4.57 Å². The van der Waals surface area contributed by atoms with Crippen LogP contribution in [0.15, 0.2) is 23.2 Å². The second-order valence-electron chi connectivity index (χ2n) is 5.70. The maximum Gasteiger partial charge on any atom is 0.297 e. The summed E-state index contributed by atoms with van der Waals surface area (Å²) in [5, 5.41) is 4.32. The molecule has 0 atom stereocenters. The molecule has 0 unspecified atom stereocenters. The van der Waals surface area contributed by atoms with E-state index in [1.54, 1.807) is 10.7 Å². The van der Waals surface area contributed by atoms with Crippen LogP contribution in [0.5, 0.6) is 0 Å². The summed E-state index contributed by atoms with van der Waals surface area (Å²) in [4.78, 5) is 17.6. The van der Waals surface area contributed by atoms with Crippen LogP contribution in [-0.2, 0) is 13.6 Å². The molecule has 0 bridgehead atoms. The van der Waals surface area contributed by atoms with Crippen LogP contribution in [0, 0.1) is 20.8 Å². The van der Waals surface area contributed by atoms with Gasteiger partial charge in [-0.2, -0.15) is 10.1 Å². The molecular formula is C17H20N4OS. The number of nitrogens with zero attached hydrogens (tertiary/aromatic N) is 4. The van der Waals surface area contributed by atoms with E-state index in [2.05, 4.69) is 36.1 Å². The Hall–Kier alpha value is -2.21. The molecule has 2 heterocycles. The summed E-state index contributed by atoms with van der Waals surface area (Å²) >= 11 is 1.54. The van der Waals surface area contributed by atoms with Crippen molar-refractivity contribution in [1.82, 2.24) is 14.3 Å². The normalized spacial score (nSPS) is 12.3. The Kier molecular flexibility index (Phi) is 3.93. The van der Waals surface area contributed by atoms with Crippen molar-refractivity contribution in [2.45, 2.75) is 34.2 Å². The Morgan fingerprint density at radius 1 is 1.30 bits per heavy atom. The van der Waals surface area contributed by atoms with Crippen LogP contribution in [0.25, 0.3) is 10.2 Å². The first-order chi connectivity index (χ1) is 10.9. The van der Waals surface area contributed by atoms with Crippen molar-refractivity contribution < 1.29 is 4.79 Å². The van der Waals surface area contributed by atoms with Crippen molar-refractivity contribution in [2.75, 3.05) is 0 Å².